The smallest absolute Gasteiger partial charge is 0.123 e. The standard InChI is InChI=1S/C34H22F2N4/c35-20-11-9-19(10-12-20)33-34-25(22-5-2-4-8-30(22)39-34)16-31(40-33)32(26-17-37-28-7-3-1-6-23(26)28)27-18-38-29-14-13-21(36)15-24(27)29/h1-18,32,37-39H. The van der Waals surface area contributed by atoms with Crippen molar-refractivity contribution in [1.29, 1.82) is 0 Å². The highest BCUT2D eigenvalue weighted by molar-refractivity contribution is 6.11. The third-order valence-corrected chi connectivity index (χ3v) is 7.85. The molecule has 0 spiro atoms. The summed E-state index contributed by atoms with van der Waals surface area (Å²) in [5.74, 6) is -0.910. The predicted octanol–water partition coefficient (Wildman–Crippen LogP) is 8.80. The average molecular weight is 525 g/mol. The van der Waals surface area contributed by atoms with Crippen LogP contribution in [0.5, 0.6) is 0 Å². The molecule has 0 aliphatic heterocycles. The third kappa shape index (κ3) is 3.46. The van der Waals surface area contributed by atoms with Crippen molar-refractivity contribution in [3.05, 3.63) is 138 Å². The second-order valence-corrected chi connectivity index (χ2v) is 10.2. The summed E-state index contributed by atoms with van der Waals surface area (Å²) >= 11 is 0. The van der Waals surface area contributed by atoms with Crippen LogP contribution in [0.25, 0.3) is 54.9 Å². The summed E-state index contributed by atoms with van der Waals surface area (Å²) in [7, 11) is 0. The molecule has 8 aromatic rings. The molecule has 1 atom stereocenters. The molecule has 0 saturated heterocycles. The molecular weight excluding hydrogens is 502 g/mol. The van der Waals surface area contributed by atoms with Crippen LogP contribution in [0, 0.1) is 11.6 Å². The topological polar surface area (TPSA) is 60.3 Å². The van der Waals surface area contributed by atoms with E-state index < -0.39 is 0 Å². The van der Waals surface area contributed by atoms with E-state index in [1.165, 1.54) is 18.2 Å². The van der Waals surface area contributed by atoms with Crippen LogP contribution >= 0.6 is 0 Å². The number of H-pyrrole nitrogens is 3. The van der Waals surface area contributed by atoms with E-state index in [2.05, 4.69) is 33.2 Å². The molecule has 8 rings (SSSR count). The summed E-state index contributed by atoms with van der Waals surface area (Å²) in [6.45, 7) is 0. The van der Waals surface area contributed by atoms with E-state index in [1.54, 1.807) is 24.3 Å². The molecule has 0 bridgehead atoms. The van der Waals surface area contributed by atoms with Gasteiger partial charge in [0.05, 0.1) is 22.8 Å². The second-order valence-electron chi connectivity index (χ2n) is 10.2. The zero-order valence-corrected chi connectivity index (χ0v) is 21.2. The van der Waals surface area contributed by atoms with Gasteiger partial charge < -0.3 is 15.0 Å². The molecule has 3 N–H and O–H groups in total. The summed E-state index contributed by atoms with van der Waals surface area (Å²) in [5.41, 5.74) is 8.08. The van der Waals surface area contributed by atoms with Crippen LogP contribution in [0.4, 0.5) is 8.78 Å². The lowest BCUT2D eigenvalue weighted by Crippen LogP contribution is -2.06. The monoisotopic (exact) mass is 524 g/mol. The van der Waals surface area contributed by atoms with Gasteiger partial charge in [-0.25, -0.2) is 13.8 Å². The second kappa shape index (κ2) is 8.64. The van der Waals surface area contributed by atoms with Crippen LogP contribution < -0.4 is 0 Å². The van der Waals surface area contributed by atoms with Crippen LogP contribution in [0.1, 0.15) is 22.7 Å². The zero-order valence-electron chi connectivity index (χ0n) is 21.2. The van der Waals surface area contributed by atoms with Gasteiger partial charge in [0.25, 0.3) is 0 Å². The van der Waals surface area contributed by atoms with Crippen LogP contribution in [-0.2, 0) is 0 Å². The maximum atomic E-state index is 14.5. The largest absolute Gasteiger partial charge is 0.361 e. The molecule has 6 heteroatoms. The maximum Gasteiger partial charge on any atom is 0.123 e. The highest BCUT2D eigenvalue weighted by Gasteiger charge is 2.27. The zero-order chi connectivity index (χ0) is 26.8. The van der Waals surface area contributed by atoms with Crippen molar-refractivity contribution in [2.75, 3.05) is 0 Å². The lowest BCUT2D eigenvalue weighted by molar-refractivity contribution is 0.628. The van der Waals surface area contributed by atoms with E-state index in [0.29, 0.717) is 0 Å². The highest BCUT2D eigenvalue weighted by Crippen LogP contribution is 2.42. The first-order chi connectivity index (χ1) is 19.6. The first-order valence-corrected chi connectivity index (χ1v) is 13.1. The number of halogens is 2. The number of aromatic nitrogens is 4. The fraction of sp³-hybridized carbons (Fsp3) is 0.0294. The summed E-state index contributed by atoms with van der Waals surface area (Å²) in [6, 6.07) is 29.7. The number of nitrogens with one attached hydrogen (secondary N) is 3. The Hall–Kier alpha value is -5.23. The SMILES string of the molecule is Fc1ccc(-c2nc(C(c3c[nH]c4ccccc34)c3c[nH]c4ccc(F)cc34)cc3c2[nH]c2ccccc23)cc1. The number of aromatic amines is 3. The number of benzene rings is 4. The van der Waals surface area contributed by atoms with Gasteiger partial charge in [0.2, 0.25) is 0 Å². The minimum atomic E-state index is -0.316. The Bertz CT molecular complexity index is 2200. The van der Waals surface area contributed by atoms with Gasteiger partial charge >= 0.3 is 0 Å². The van der Waals surface area contributed by atoms with E-state index in [0.717, 1.165) is 71.7 Å². The van der Waals surface area contributed by atoms with Crippen molar-refractivity contribution < 1.29 is 8.78 Å². The Balaban J connectivity index is 1.48. The molecule has 4 nitrogen and oxygen atoms in total. The maximum absolute atomic E-state index is 14.5. The fourth-order valence-corrected chi connectivity index (χ4v) is 6.00. The first kappa shape index (κ1) is 22.7. The van der Waals surface area contributed by atoms with Crippen LogP contribution in [-0.4, -0.2) is 19.9 Å². The van der Waals surface area contributed by atoms with Gasteiger partial charge in [-0.1, -0.05) is 36.4 Å². The molecule has 0 aliphatic rings. The predicted molar refractivity (Wildman–Crippen MR) is 156 cm³/mol. The number of hydrogen-bond acceptors (Lipinski definition) is 1. The fourth-order valence-electron chi connectivity index (χ4n) is 6.00. The van der Waals surface area contributed by atoms with E-state index in [9.17, 15) is 8.78 Å². The molecule has 0 radical (unpaired) electrons. The van der Waals surface area contributed by atoms with Crippen LogP contribution in [0.3, 0.4) is 0 Å². The van der Waals surface area contributed by atoms with Gasteiger partial charge in [-0.3, -0.25) is 0 Å². The molecule has 40 heavy (non-hydrogen) atoms. The highest BCUT2D eigenvalue weighted by atomic mass is 19.1. The normalized spacial score (nSPS) is 12.7. The Morgan fingerprint density at radius 2 is 1.23 bits per heavy atom. The molecule has 4 heterocycles. The Morgan fingerprint density at radius 3 is 2.02 bits per heavy atom. The lowest BCUT2D eigenvalue weighted by Gasteiger charge is -2.18. The molecule has 4 aromatic heterocycles. The van der Waals surface area contributed by atoms with Crippen molar-refractivity contribution >= 4 is 43.6 Å². The number of hydrogen-bond donors (Lipinski definition) is 3. The van der Waals surface area contributed by atoms with Gasteiger partial charge in [0.1, 0.15) is 11.6 Å². The van der Waals surface area contributed by atoms with Gasteiger partial charge in [-0.2, -0.15) is 0 Å². The number of nitrogens with zero attached hydrogens (tertiary/aromatic N) is 1. The molecule has 0 fully saturated rings. The molecular formula is C34H22F2N4. The van der Waals surface area contributed by atoms with Gasteiger partial charge in [0.15, 0.2) is 0 Å². The van der Waals surface area contributed by atoms with Crippen molar-refractivity contribution in [1.82, 2.24) is 19.9 Å². The van der Waals surface area contributed by atoms with Crippen LogP contribution in [0.15, 0.2) is 109 Å². The summed E-state index contributed by atoms with van der Waals surface area (Å²) < 4.78 is 28.5. The molecule has 192 valence electrons. The number of rotatable bonds is 4. The van der Waals surface area contributed by atoms with E-state index in [-0.39, 0.29) is 17.6 Å². The Kier molecular flexibility index (Phi) is 4.91. The van der Waals surface area contributed by atoms with Gasteiger partial charge in [-0.15, -0.1) is 0 Å². The first-order valence-electron chi connectivity index (χ1n) is 13.1. The molecule has 4 aromatic carbocycles. The van der Waals surface area contributed by atoms with Crippen molar-refractivity contribution in [2.24, 2.45) is 0 Å². The van der Waals surface area contributed by atoms with Crippen molar-refractivity contribution in [3.63, 3.8) is 0 Å². The van der Waals surface area contributed by atoms with Crippen LogP contribution in [0.2, 0.25) is 0 Å². The summed E-state index contributed by atoms with van der Waals surface area (Å²) in [5, 5.41) is 3.98. The quantitative estimate of drug-likeness (QED) is 0.212. The third-order valence-electron chi connectivity index (χ3n) is 7.85. The lowest BCUT2D eigenvalue weighted by atomic mass is 9.86. The molecule has 1 unspecified atom stereocenters. The molecule has 0 saturated carbocycles. The van der Waals surface area contributed by atoms with E-state index in [1.807, 2.05) is 48.8 Å². The van der Waals surface area contributed by atoms with E-state index in [4.69, 9.17) is 4.98 Å². The van der Waals surface area contributed by atoms with Gasteiger partial charge in [-0.05, 0) is 71.8 Å². The molecule has 0 amide bonds. The average Bonchev–Trinajstić information content (AvgIpc) is 3.69. The Morgan fingerprint density at radius 1 is 0.575 bits per heavy atom. The summed E-state index contributed by atoms with van der Waals surface area (Å²) in [6.07, 6.45) is 3.97. The minimum Gasteiger partial charge on any atom is -0.361 e. The van der Waals surface area contributed by atoms with Crippen molar-refractivity contribution in [3.8, 4) is 11.3 Å². The Labute approximate surface area is 227 Å². The molecule has 0 aliphatic carbocycles. The minimum absolute atomic E-state index is 0.293. The summed E-state index contributed by atoms with van der Waals surface area (Å²) in [4.78, 5) is 15.6. The van der Waals surface area contributed by atoms with Gasteiger partial charge in [0, 0.05) is 56.1 Å². The van der Waals surface area contributed by atoms with Crippen molar-refractivity contribution in [2.45, 2.75) is 5.92 Å². The van der Waals surface area contributed by atoms with E-state index >= 15 is 0 Å². The number of pyridine rings is 1. The number of fused-ring (bicyclic) bond motifs is 5. The number of para-hydroxylation sites is 2.